The van der Waals surface area contributed by atoms with Crippen LogP contribution in [0.1, 0.15) is 0 Å². The number of carbonyl (C=O) groups is 1. The lowest BCUT2D eigenvalue weighted by molar-refractivity contribution is -0.684. The third-order valence-corrected chi connectivity index (χ3v) is 3.54. The summed E-state index contributed by atoms with van der Waals surface area (Å²) < 4.78 is 12.8. The van der Waals surface area contributed by atoms with Gasteiger partial charge in [-0.2, -0.15) is 4.57 Å². The van der Waals surface area contributed by atoms with E-state index in [0.717, 1.165) is 5.69 Å². The Morgan fingerprint density at radius 2 is 1.83 bits per heavy atom. The van der Waals surface area contributed by atoms with Crippen LogP contribution < -0.4 is 24.3 Å². The van der Waals surface area contributed by atoms with Crippen molar-refractivity contribution in [3.05, 3.63) is 42.7 Å². The SMILES string of the molecule is CN(C)c1cc[n+](CC(=O)Nc2ccc3c(c2)OCCO3)cc1. The Bertz CT molecular complexity index is 699. The summed E-state index contributed by atoms with van der Waals surface area (Å²) >= 11 is 0. The van der Waals surface area contributed by atoms with Crippen molar-refractivity contribution in [3.63, 3.8) is 0 Å². The normalized spacial score (nSPS) is 12.6. The molecule has 0 saturated carbocycles. The standard InChI is InChI=1S/C17H19N3O3/c1-19(2)14-5-7-20(8-6-14)12-17(21)18-13-3-4-15-16(11-13)23-10-9-22-15/h3-8,11H,9-10,12H2,1-2H3/p+1. The minimum absolute atomic E-state index is 0.0933. The van der Waals surface area contributed by atoms with E-state index < -0.39 is 0 Å². The molecule has 0 radical (unpaired) electrons. The second-order valence-corrected chi connectivity index (χ2v) is 5.53. The van der Waals surface area contributed by atoms with E-state index in [9.17, 15) is 4.79 Å². The van der Waals surface area contributed by atoms with Crippen LogP contribution >= 0.6 is 0 Å². The summed E-state index contributed by atoms with van der Waals surface area (Å²) in [6.45, 7) is 1.33. The Hall–Kier alpha value is -2.76. The summed E-state index contributed by atoms with van der Waals surface area (Å²) in [5.74, 6) is 1.28. The van der Waals surface area contributed by atoms with Gasteiger partial charge in [0.25, 0.3) is 5.91 Å². The van der Waals surface area contributed by atoms with Gasteiger partial charge in [0, 0.05) is 43.7 Å². The summed E-state index contributed by atoms with van der Waals surface area (Å²) in [6, 6.07) is 9.34. The molecule has 23 heavy (non-hydrogen) atoms. The summed E-state index contributed by atoms with van der Waals surface area (Å²) in [5, 5.41) is 2.87. The number of ether oxygens (including phenoxy) is 2. The second kappa shape index (κ2) is 6.56. The number of hydrogen-bond donors (Lipinski definition) is 1. The van der Waals surface area contributed by atoms with Crippen molar-refractivity contribution in [2.24, 2.45) is 0 Å². The van der Waals surface area contributed by atoms with Crippen molar-refractivity contribution in [1.29, 1.82) is 0 Å². The average Bonchev–Trinajstić information content (AvgIpc) is 2.55. The van der Waals surface area contributed by atoms with E-state index in [1.165, 1.54) is 0 Å². The van der Waals surface area contributed by atoms with Gasteiger partial charge in [0.2, 0.25) is 6.54 Å². The zero-order chi connectivity index (χ0) is 16.2. The maximum absolute atomic E-state index is 12.2. The molecule has 1 aliphatic heterocycles. The maximum Gasteiger partial charge on any atom is 0.290 e. The van der Waals surface area contributed by atoms with Gasteiger partial charge in [-0.05, 0) is 12.1 Å². The van der Waals surface area contributed by atoms with Crippen LogP contribution in [0.3, 0.4) is 0 Å². The number of carbonyl (C=O) groups excluding carboxylic acids is 1. The van der Waals surface area contributed by atoms with Gasteiger partial charge >= 0.3 is 0 Å². The zero-order valence-corrected chi connectivity index (χ0v) is 13.3. The number of pyridine rings is 1. The van der Waals surface area contributed by atoms with Crippen LogP contribution in [-0.2, 0) is 11.3 Å². The van der Waals surface area contributed by atoms with Crippen LogP contribution in [0.15, 0.2) is 42.7 Å². The molecule has 0 saturated heterocycles. The molecule has 1 aromatic carbocycles. The molecule has 3 rings (SSSR count). The Morgan fingerprint density at radius 3 is 2.52 bits per heavy atom. The third kappa shape index (κ3) is 3.71. The fraction of sp³-hybridized carbons (Fsp3) is 0.294. The Kier molecular flexibility index (Phi) is 4.32. The first-order chi connectivity index (χ1) is 11.1. The van der Waals surface area contributed by atoms with Crippen molar-refractivity contribution in [3.8, 4) is 11.5 Å². The van der Waals surface area contributed by atoms with Crippen LogP contribution in [-0.4, -0.2) is 33.2 Å². The molecule has 2 aromatic rings. The number of fused-ring (bicyclic) bond motifs is 1. The first-order valence-corrected chi connectivity index (χ1v) is 7.48. The van der Waals surface area contributed by atoms with Gasteiger partial charge in [0.1, 0.15) is 13.2 Å². The highest BCUT2D eigenvalue weighted by Gasteiger charge is 2.14. The van der Waals surface area contributed by atoms with E-state index in [1.807, 2.05) is 60.2 Å². The zero-order valence-electron chi connectivity index (χ0n) is 13.3. The molecule has 0 bridgehead atoms. The van der Waals surface area contributed by atoms with Crippen LogP contribution in [0.2, 0.25) is 0 Å². The molecule has 6 nitrogen and oxygen atoms in total. The van der Waals surface area contributed by atoms with Crippen LogP contribution in [0, 0.1) is 0 Å². The topological polar surface area (TPSA) is 54.7 Å². The lowest BCUT2D eigenvalue weighted by Crippen LogP contribution is -2.39. The number of aromatic nitrogens is 1. The number of amides is 1. The summed E-state index contributed by atoms with van der Waals surface area (Å²) in [4.78, 5) is 14.2. The minimum Gasteiger partial charge on any atom is -0.486 e. The molecule has 6 heteroatoms. The summed E-state index contributed by atoms with van der Waals surface area (Å²) in [7, 11) is 3.96. The molecule has 1 amide bonds. The molecule has 1 N–H and O–H groups in total. The molecule has 0 spiro atoms. The van der Waals surface area contributed by atoms with Gasteiger partial charge in [0.15, 0.2) is 23.9 Å². The van der Waals surface area contributed by atoms with Gasteiger partial charge in [0.05, 0.1) is 0 Å². The predicted molar refractivity (Wildman–Crippen MR) is 87.0 cm³/mol. The number of benzene rings is 1. The fourth-order valence-corrected chi connectivity index (χ4v) is 2.34. The van der Waals surface area contributed by atoms with E-state index in [4.69, 9.17) is 9.47 Å². The smallest absolute Gasteiger partial charge is 0.290 e. The first kappa shape index (κ1) is 15.1. The van der Waals surface area contributed by atoms with Crippen molar-refractivity contribution >= 4 is 17.3 Å². The van der Waals surface area contributed by atoms with Crippen molar-refractivity contribution in [1.82, 2.24) is 0 Å². The monoisotopic (exact) mass is 314 g/mol. The van der Waals surface area contributed by atoms with Gasteiger partial charge in [-0.25, -0.2) is 0 Å². The minimum atomic E-state index is -0.0933. The van der Waals surface area contributed by atoms with Crippen LogP contribution in [0.5, 0.6) is 11.5 Å². The van der Waals surface area contributed by atoms with E-state index >= 15 is 0 Å². The van der Waals surface area contributed by atoms with Gasteiger partial charge in [-0.15, -0.1) is 0 Å². The number of hydrogen-bond acceptors (Lipinski definition) is 4. The van der Waals surface area contributed by atoms with Gasteiger partial charge in [-0.1, -0.05) is 0 Å². The Balaban J connectivity index is 1.63. The van der Waals surface area contributed by atoms with Gasteiger partial charge in [-0.3, -0.25) is 4.79 Å². The Morgan fingerprint density at radius 1 is 1.13 bits per heavy atom. The number of nitrogens with one attached hydrogen (secondary N) is 1. The molecule has 1 aromatic heterocycles. The molecular weight excluding hydrogens is 294 g/mol. The van der Waals surface area contributed by atoms with Crippen molar-refractivity contribution < 1.29 is 18.8 Å². The van der Waals surface area contributed by atoms with E-state index in [0.29, 0.717) is 30.4 Å². The van der Waals surface area contributed by atoms with Crippen LogP contribution in [0.25, 0.3) is 0 Å². The molecule has 1 aliphatic rings. The fourth-order valence-electron chi connectivity index (χ4n) is 2.34. The molecular formula is C17H20N3O3+. The molecule has 0 fully saturated rings. The maximum atomic E-state index is 12.2. The molecule has 0 atom stereocenters. The lowest BCUT2D eigenvalue weighted by atomic mass is 10.2. The second-order valence-electron chi connectivity index (χ2n) is 5.53. The third-order valence-electron chi connectivity index (χ3n) is 3.54. The first-order valence-electron chi connectivity index (χ1n) is 7.48. The summed E-state index contributed by atoms with van der Waals surface area (Å²) in [5.41, 5.74) is 1.79. The quantitative estimate of drug-likeness (QED) is 0.868. The van der Waals surface area contributed by atoms with E-state index in [2.05, 4.69) is 5.32 Å². The molecule has 0 aliphatic carbocycles. The molecule has 2 heterocycles. The largest absolute Gasteiger partial charge is 0.486 e. The number of rotatable bonds is 4. The highest BCUT2D eigenvalue weighted by molar-refractivity contribution is 5.90. The molecule has 0 unspecified atom stereocenters. The van der Waals surface area contributed by atoms with Crippen molar-refractivity contribution in [2.45, 2.75) is 6.54 Å². The average molecular weight is 314 g/mol. The van der Waals surface area contributed by atoms with Crippen LogP contribution in [0.4, 0.5) is 11.4 Å². The summed E-state index contributed by atoms with van der Waals surface area (Å²) in [6.07, 6.45) is 3.78. The Labute approximate surface area is 135 Å². The van der Waals surface area contributed by atoms with Crippen molar-refractivity contribution in [2.75, 3.05) is 37.5 Å². The van der Waals surface area contributed by atoms with Gasteiger partial charge < -0.3 is 19.7 Å². The lowest BCUT2D eigenvalue weighted by Gasteiger charge is -2.18. The number of nitrogens with zero attached hydrogens (tertiary/aromatic N) is 2. The predicted octanol–water partition coefficient (Wildman–Crippen LogP) is 1.45. The highest BCUT2D eigenvalue weighted by atomic mass is 16.6. The van der Waals surface area contributed by atoms with E-state index in [1.54, 1.807) is 6.07 Å². The number of anilines is 2. The van der Waals surface area contributed by atoms with E-state index in [-0.39, 0.29) is 12.5 Å². The highest BCUT2D eigenvalue weighted by Crippen LogP contribution is 2.32. The molecule has 120 valence electrons.